The smallest absolute Gasteiger partial charge is 0.269 e. The topological polar surface area (TPSA) is 101 Å². The molecule has 38 heavy (non-hydrogen) atoms. The molecule has 9 heteroatoms. The maximum absolute atomic E-state index is 13.4. The van der Waals surface area contributed by atoms with Crippen molar-refractivity contribution in [1.29, 1.82) is 0 Å². The first-order valence-corrected chi connectivity index (χ1v) is 13.0. The molecule has 0 heterocycles. The molecule has 1 atom stereocenters. The molecule has 0 radical (unpaired) electrons. The summed E-state index contributed by atoms with van der Waals surface area (Å²) in [5.41, 5.74) is 3.41. The van der Waals surface area contributed by atoms with E-state index >= 15 is 0 Å². The van der Waals surface area contributed by atoms with Crippen molar-refractivity contribution in [3.63, 3.8) is 0 Å². The van der Waals surface area contributed by atoms with Crippen molar-refractivity contribution in [1.82, 2.24) is 0 Å². The van der Waals surface area contributed by atoms with Gasteiger partial charge < -0.3 is 10.6 Å². The number of nitrogens with one attached hydrogen (secondary N) is 2. The highest BCUT2D eigenvalue weighted by Crippen LogP contribution is 2.37. The minimum absolute atomic E-state index is 0.0326. The molecule has 0 bridgehead atoms. The fourth-order valence-electron chi connectivity index (χ4n) is 3.75. The van der Waals surface area contributed by atoms with Gasteiger partial charge in [-0.25, -0.2) is 0 Å². The summed E-state index contributed by atoms with van der Waals surface area (Å²) in [6.45, 7) is 1.72. The molecule has 1 unspecified atom stereocenters. The molecule has 2 N–H and O–H groups in total. The van der Waals surface area contributed by atoms with E-state index in [4.69, 9.17) is 11.6 Å². The first-order valence-electron chi connectivity index (χ1n) is 11.7. The van der Waals surface area contributed by atoms with Crippen LogP contribution in [-0.4, -0.2) is 16.7 Å². The molecule has 0 aliphatic carbocycles. The van der Waals surface area contributed by atoms with Gasteiger partial charge in [-0.2, -0.15) is 0 Å². The highest BCUT2D eigenvalue weighted by Gasteiger charge is 2.23. The third kappa shape index (κ3) is 7.21. The lowest BCUT2D eigenvalue weighted by atomic mass is 10.1. The first kappa shape index (κ1) is 26.9. The fraction of sp³-hybridized carbons (Fsp3) is 0.103. The number of benzene rings is 4. The number of rotatable bonds is 9. The van der Waals surface area contributed by atoms with Gasteiger partial charge in [-0.1, -0.05) is 54.1 Å². The molecule has 0 spiro atoms. The summed E-state index contributed by atoms with van der Waals surface area (Å²) in [6.07, 6.45) is 0.228. The van der Waals surface area contributed by atoms with Crippen molar-refractivity contribution >= 4 is 52.2 Å². The van der Waals surface area contributed by atoms with Crippen molar-refractivity contribution in [2.75, 3.05) is 10.6 Å². The summed E-state index contributed by atoms with van der Waals surface area (Å²) in [5, 5.41) is 16.9. The lowest BCUT2D eigenvalue weighted by Crippen LogP contribution is -2.19. The number of hydrogen-bond donors (Lipinski definition) is 2. The van der Waals surface area contributed by atoms with Crippen LogP contribution in [0.15, 0.2) is 102 Å². The van der Waals surface area contributed by atoms with E-state index in [0.717, 1.165) is 16.0 Å². The number of nitro groups is 1. The molecular weight excluding hydrogens is 522 g/mol. The molecule has 0 saturated carbocycles. The summed E-state index contributed by atoms with van der Waals surface area (Å²) in [4.78, 5) is 37.2. The number of halogens is 1. The lowest BCUT2D eigenvalue weighted by molar-refractivity contribution is -0.384. The molecule has 192 valence electrons. The van der Waals surface area contributed by atoms with Crippen LogP contribution in [0.2, 0.25) is 5.02 Å². The maximum atomic E-state index is 13.4. The Kier molecular flexibility index (Phi) is 8.78. The van der Waals surface area contributed by atoms with Crippen LogP contribution in [0.25, 0.3) is 0 Å². The van der Waals surface area contributed by atoms with Gasteiger partial charge in [0.1, 0.15) is 5.25 Å². The second kappa shape index (κ2) is 12.4. The number of carbonyl (C=O) groups is 2. The van der Waals surface area contributed by atoms with Crippen molar-refractivity contribution < 1.29 is 14.5 Å². The van der Waals surface area contributed by atoms with Crippen LogP contribution in [0.5, 0.6) is 0 Å². The Balaban J connectivity index is 1.45. The molecule has 4 rings (SSSR count). The van der Waals surface area contributed by atoms with Gasteiger partial charge in [0, 0.05) is 33.4 Å². The zero-order valence-electron chi connectivity index (χ0n) is 20.4. The molecular formula is C29H24ClN3O4S. The summed E-state index contributed by atoms with van der Waals surface area (Å²) >= 11 is 7.27. The van der Waals surface area contributed by atoms with E-state index in [9.17, 15) is 19.7 Å². The second-order valence-electron chi connectivity index (χ2n) is 8.53. The van der Waals surface area contributed by atoms with Gasteiger partial charge in [0.15, 0.2) is 0 Å². The van der Waals surface area contributed by atoms with E-state index in [1.807, 2.05) is 54.6 Å². The van der Waals surface area contributed by atoms with Gasteiger partial charge in [-0.15, -0.1) is 11.8 Å². The molecule has 4 aromatic rings. The Morgan fingerprint density at radius 3 is 2.24 bits per heavy atom. The minimum atomic E-state index is -0.573. The molecule has 2 amide bonds. The number of anilines is 2. The Hall–Kier alpha value is -4.14. The van der Waals surface area contributed by atoms with Gasteiger partial charge in [0.05, 0.1) is 11.3 Å². The van der Waals surface area contributed by atoms with Gasteiger partial charge in [0.2, 0.25) is 11.8 Å². The SMILES string of the molecule is Cc1cc([N+](=O)[O-])ccc1NC(=O)C(Sc1ccc(NC(=O)Cc2ccc(Cl)cc2)cc1)c1ccccc1. The van der Waals surface area contributed by atoms with Gasteiger partial charge in [-0.3, -0.25) is 19.7 Å². The number of carbonyl (C=O) groups excluding carboxylic acids is 2. The van der Waals surface area contributed by atoms with E-state index in [-0.39, 0.29) is 23.9 Å². The Bertz CT molecular complexity index is 1450. The zero-order valence-corrected chi connectivity index (χ0v) is 22.0. The maximum Gasteiger partial charge on any atom is 0.269 e. The highest BCUT2D eigenvalue weighted by molar-refractivity contribution is 8.00. The number of non-ortho nitro benzene ring substituents is 1. The van der Waals surface area contributed by atoms with Crippen molar-refractivity contribution in [2.45, 2.75) is 23.5 Å². The number of nitrogens with zero attached hydrogens (tertiary/aromatic N) is 1. The summed E-state index contributed by atoms with van der Waals surface area (Å²) in [7, 11) is 0. The van der Waals surface area contributed by atoms with Crippen LogP contribution in [0.1, 0.15) is 21.9 Å². The molecule has 0 aliphatic heterocycles. The van der Waals surface area contributed by atoms with E-state index in [2.05, 4.69) is 10.6 Å². The monoisotopic (exact) mass is 545 g/mol. The van der Waals surface area contributed by atoms with E-state index in [1.165, 1.54) is 23.9 Å². The molecule has 0 fully saturated rings. The van der Waals surface area contributed by atoms with Crippen LogP contribution in [0, 0.1) is 17.0 Å². The van der Waals surface area contributed by atoms with Crippen LogP contribution < -0.4 is 10.6 Å². The predicted octanol–water partition coefficient (Wildman–Crippen LogP) is 7.21. The Labute approximate surface area is 229 Å². The van der Waals surface area contributed by atoms with E-state index in [0.29, 0.717) is 22.0 Å². The summed E-state index contributed by atoms with van der Waals surface area (Å²) < 4.78 is 0. The summed E-state index contributed by atoms with van der Waals surface area (Å²) in [6, 6.07) is 28.1. The van der Waals surface area contributed by atoms with Crippen molar-refractivity contribution in [3.8, 4) is 0 Å². The average Bonchev–Trinajstić information content (AvgIpc) is 2.91. The fourth-order valence-corrected chi connectivity index (χ4v) is 4.90. The number of aryl methyl sites for hydroxylation is 1. The summed E-state index contributed by atoms with van der Waals surface area (Å²) in [5.74, 6) is -0.397. The quantitative estimate of drug-likeness (QED) is 0.131. The minimum Gasteiger partial charge on any atom is -0.326 e. The van der Waals surface area contributed by atoms with Crippen LogP contribution >= 0.6 is 23.4 Å². The third-order valence-electron chi connectivity index (χ3n) is 5.69. The number of hydrogen-bond acceptors (Lipinski definition) is 5. The molecule has 4 aromatic carbocycles. The number of nitro benzene ring substituents is 1. The zero-order chi connectivity index (χ0) is 27.1. The number of amides is 2. The Morgan fingerprint density at radius 1 is 0.921 bits per heavy atom. The Morgan fingerprint density at radius 2 is 1.61 bits per heavy atom. The van der Waals surface area contributed by atoms with Crippen LogP contribution in [0.4, 0.5) is 17.1 Å². The van der Waals surface area contributed by atoms with E-state index < -0.39 is 10.2 Å². The molecule has 7 nitrogen and oxygen atoms in total. The van der Waals surface area contributed by atoms with Gasteiger partial charge in [0.25, 0.3) is 5.69 Å². The van der Waals surface area contributed by atoms with Gasteiger partial charge >= 0.3 is 0 Å². The van der Waals surface area contributed by atoms with E-state index in [1.54, 1.807) is 37.3 Å². The third-order valence-corrected chi connectivity index (χ3v) is 7.21. The second-order valence-corrected chi connectivity index (χ2v) is 10.1. The normalized spacial score (nSPS) is 11.4. The lowest BCUT2D eigenvalue weighted by Gasteiger charge is -2.18. The average molecular weight is 546 g/mol. The predicted molar refractivity (Wildman–Crippen MR) is 152 cm³/mol. The van der Waals surface area contributed by atoms with Crippen LogP contribution in [0.3, 0.4) is 0 Å². The first-order chi connectivity index (χ1) is 18.3. The molecule has 0 aliphatic rings. The van der Waals surface area contributed by atoms with Crippen molar-refractivity contribution in [2.24, 2.45) is 0 Å². The van der Waals surface area contributed by atoms with Gasteiger partial charge in [-0.05, 0) is 66.1 Å². The molecule has 0 saturated heterocycles. The standard InChI is InChI=1S/C29H24ClN3O4S/c1-19-17-24(33(36)37)13-16-26(19)32-29(35)28(21-5-3-2-4-6-21)38-25-14-11-23(12-15-25)31-27(34)18-20-7-9-22(30)10-8-20/h2-17,28H,18H2,1H3,(H,31,34)(H,32,35). The molecule has 0 aromatic heterocycles. The number of thioether (sulfide) groups is 1. The largest absolute Gasteiger partial charge is 0.326 e. The van der Waals surface area contributed by atoms with Crippen molar-refractivity contribution in [3.05, 3.63) is 129 Å². The van der Waals surface area contributed by atoms with Crippen LogP contribution in [-0.2, 0) is 16.0 Å². The highest BCUT2D eigenvalue weighted by atomic mass is 35.5.